The third-order valence-electron chi connectivity index (χ3n) is 4.19. The minimum Gasteiger partial charge on any atom is -0.422 e. The molecule has 0 unspecified atom stereocenters. The van der Waals surface area contributed by atoms with Gasteiger partial charge in [0.25, 0.3) is 0 Å². The standard InChI is InChI=1S/C20H16ClFN2O4S/c1-12-7-8-15(9-13(12)2)28-19(25)18-16(21)10-23-20(24-18)29(26,27)11-14-5-3-4-6-17(14)22/h3-10H,11H2,1-2H3. The van der Waals surface area contributed by atoms with E-state index in [9.17, 15) is 17.6 Å². The molecular weight excluding hydrogens is 419 g/mol. The van der Waals surface area contributed by atoms with Gasteiger partial charge < -0.3 is 4.74 Å². The van der Waals surface area contributed by atoms with Crippen LogP contribution < -0.4 is 4.74 Å². The van der Waals surface area contributed by atoms with Crippen molar-refractivity contribution >= 4 is 27.4 Å². The van der Waals surface area contributed by atoms with E-state index in [1.807, 2.05) is 13.8 Å². The number of aryl methyl sites for hydroxylation is 2. The Balaban J connectivity index is 1.89. The fourth-order valence-corrected chi connectivity index (χ4v) is 3.85. The zero-order chi connectivity index (χ0) is 21.2. The molecule has 0 saturated heterocycles. The molecule has 0 atom stereocenters. The number of hydrogen-bond acceptors (Lipinski definition) is 6. The molecule has 0 aliphatic carbocycles. The Morgan fingerprint density at radius 2 is 1.86 bits per heavy atom. The summed E-state index contributed by atoms with van der Waals surface area (Å²) in [7, 11) is -4.12. The van der Waals surface area contributed by atoms with E-state index in [1.165, 1.54) is 18.2 Å². The molecule has 0 radical (unpaired) electrons. The van der Waals surface area contributed by atoms with Crippen molar-refractivity contribution in [2.45, 2.75) is 24.8 Å². The quantitative estimate of drug-likeness (QED) is 0.341. The van der Waals surface area contributed by atoms with Crippen LogP contribution in [-0.4, -0.2) is 24.4 Å². The molecule has 0 fully saturated rings. The lowest BCUT2D eigenvalue weighted by Gasteiger charge is -2.09. The summed E-state index contributed by atoms with van der Waals surface area (Å²) < 4.78 is 44.3. The maximum atomic E-state index is 13.8. The van der Waals surface area contributed by atoms with Gasteiger partial charge in [0.2, 0.25) is 15.0 Å². The summed E-state index contributed by atoms with van der Waals surface area (Å²) in [6, 6.07) is 10.5. The van der Waals surface area contributed by atoms with Gasteiger partial charge in [-0.15, -0.1) is 0 Å². The first-order valence-electron chi connectivity index (χ1n) is 8.45. The van der Waals surface area contributed by atoms with Crippen molar-refractivity contribution in [3.05, 3.63) is 81.9 Å². The highest BCUT2D eigenvalue weighted by molar-refractivity contribution is 7.90. The fraction of sp³-hybridized carbons (Fsp3) is 0.150. The molecule has 9 heteroatoms. The molecule has 0 saturated carbocycles. The molecule has 1 aromatic heterocycles. The van der Waals surface area contributed by atoms with Gasteiger partial charge in [-0.1, -0.05) is 35.9 Å². The number of aromatic nitrogens is 2. The van der Waals surface area contributed by atoms with Crippen molar-refractivity contribution in [1.29, 1.82) is 0 Å². The number of halogens is 2. The summed E-state index contributed by atoms with van der Waals surface area (Å²) in [5.74, 6) is -1.99. The number of benzene rings is 2. The van der Waals surface area contributed by atoms with Gasteiger partial charge in [0.05, 0.1) is 17.0 Å². The highest BCUT2D eigenvalue weighted by Crippen LogP contribution is 2.22. The Bertz CT molecular complexity index is 1200. The van der Waals surface area contributed by atoms with Gasteiger partial charge in [-0.3, -0.25) is 0 Å². The summed E-state index contributed by atoms with van der Waals surface area (Å²) in [5, 5.41) is -0.805. The topological polar surface area (TPSA) is 86.2 Å². The van der Waals surface area contributed by atoms with Crippen LogP contribution in [-0.2, 0) is 15.6 Å². The normalized spacial score (nSPS) is 11.3. The number of sulfone groups is 1. The lowest BCUT2D eigenvalue weighted by Crippen LogP contribution is -2.17. The Labute approximate surface area is 172 Å². The molecule has 1 heterocycles. The first kappa shape index (κ1) is 20.9. The van der Waals surface area contributed by atoms with Crippen LogP contribution in [0.3, 0.4) is 0 Å². The molecule has 29 heavy (non-hydrogen) atoms. The summed E-state index contributed by atoms with van der Waals surface area (Å²) in [5.41, 5.74) is 1.50. The van der Waals surface area contributed by atoms with Crippen molar-refractivity contribution in [3.63, 3.8) is 0 Å². The molecular formula is C20H16ClFN2O4S. The molecule has 6 nitrogen and oxygen atoms in total. The van der Waals surface area contributed by atoms with E-state index in [2.05, 4.69) is 9.97 Å². The van der Waals surface area contributed by atoms with Gasteiger partial charge in [0.1, 0.15) is 11.6 Å². The lowest BCUT2D eigenvalue weighted by molar-refractivity contribution is 0.0727. The number of rotatable bonds is 5. The van der Waals surface area contributed by atoms with Crippen LogP contribution >= 0.6 is 11.6 Å². The van der Waals surface area contributed by atoms with Crippen LogP contribution in [0.1, 0.15) is 27.2 Å². The minimum absolute atomic E-state index is 0.0368. The van der Waals surface area contributed by atoms with Gasteiger partial charge in [-0.05, 0) is 43.2 Å². The van der Waals surface area contributed by atoms with E-state index in [0.29, 0.717) is 0 Å². The number of esters is 1. The molecule has 3 rings (SSSR count). The van der Waals surface area contributed by atoms with Crippen LogP contribution in [0.15, 0.2) is 53.8 Å². The monoisotopic (exact) mass is 434 g/mol. The maximum absolute atomic E-state index is 13.8. The van der Waals surface area contributed by atoms with Crippen LogP contribution in [0.2, 0.25) is 5.02 Å². The van der Waals surface area contributed by atoms with Gasteiger partial charge in [0, 0.05) is 5.56 Å². The van der Waals surface area contributed by atoms with E-state index >= 15 is 0 Å². The van der Waals surface area contributed by atoms with E-state index in [1.54, 1.807) is 18.2 Å². The fourth-order valence-electron chi connectivity index (χ4n) is 2.46. The second-order valence-electron chi connectivity index (χ2n) is 6.34. The Kier molecular flexibility index (Phi) is 5.95. The summed E-state index contributed by atoms with van der Waals surface area (Å²) in [6.45, 7) is 3.77. The molecule has 0 amide bonds. The summed E-state index contributed by atoms with van der Waals surface area (Å²) in [6.07, 6.45) is 1.000. The molecule has 0 aliphatic rings. The maximum Gasteiger partial charge on any atom is 0.364 e. The lowest BCUT2D eigenvalue weighted by atomic mass is 10.1. The number of carbonyl (C=O) groups excluding carboxylic acids is 1. The first-order valence-corrected chi connectivity index (χ1v) is 10.5. The molecule has 3 aromatic rings. The van der Waals surface area contributed by atoms with Gasteiger partial charge in [-0.25, -0.2) is 27.6 Å². The van der Waals surface area contributed by atoms with Crippen LogP contribution in [0.25, 0.3) is 0 Å². The van der Waals surface area contributed by atoms with Crippen LogP contribution in [0.4, 0.5) is 4.39 Å². The predicted molar refractivity (Wildman–Crippen MR) is 105 cm³/mol. The van der Waals surface area contributed by atoms with Gasteiger partial charge in [-0.2, -0.15) is 0 Å². The van der Waals surface area contributed by atoms with E-state index < -0.39 is 38.2 Å². The van der Waals surface area contributed by atoms with Crippen LogP contribution in [0, 0.1) is 19.7 Å². The van der Waals surface area contributed by atoms with E-state index in [4.69, 9.17) is 16.3 Å². The smallest absolute Gasteiger partial charge is 0.364 e. The van der Waals surface area contributed by atoms with Crippen molar-refractivity contribution in [2.24, 2.45) is 0 Å². The highest BCUT2D eigenvalue weighted by Gasteiger charge is 2.25. The van der Waals surface area contributed by atoms with Gasteiger partial charge >= 0.3 is 5.97 Å². The second kappa shape index (κ2) is 8.26. The third-order valence-corrected chi connectivity index (χ3v) is 5.91. The summed E-state index contributed by atoms with van der Waals surface area (Å²) in [4.78, 5) is 19.9. The van der Waals surface area contributed by atoms with Crippen molar-refractivity contribution < 1.29 is 22.3 Å². The van der Waals surface area contributed by atoms with Crippen molar-refractivity contribution in [3.8, 4) is 5.75 Å². The number of nitrogens with zero attached hydrogens (tertiary/aromatic N) is 2. The van der Waals surface area contributed by atoms with Crippen LogP contribution in [0.5, 0.6) is 5.75 Å². The molecule has 2 aromatic carbocycles. The average molecular weight is 435 g/mol. The average Bonchev–Trinajstić information content (AvgIpc) is 2.66. The van der Waals surface area contributed by atoms with Crippen molar-refractivity contribution in [2.75, 3.05) is 0 Å². The predicted octanol–water partition coefficient (Wildman–Crippen LogP) is 4.08. The second-order valence-corrected chi connectivity index (χ2v) is 8.63. The largest absolute Gasteiger partial charge is 0.422 e. The van der Waals surface area contributed by atoms with Gasteiger partial charge in [0.15, 0.2) is 5.69 Å². The van der Waals surface area contributed by atoms with Crippen molar-refractivity contribution in [1.82, 2.24) is 9.97 Å². The molecule has 0 bridgehead atoms. The summed E-state index contributed by atoms with van der Waals surface area (Å²) >= 11 is 5.97. The molecule has 0 aliphatic heterocycles. The number of carbonyl (C=O) groups is 1. The molecule has 150 valence electrons. The van der Waals surface area contributed by atoms with E-state index in [-0.39, 0.29) is 16.3 Å². The zero-order valence-corrected chi connectivity index (χ0v) is 17.1. The molecule has 0 N–H and O–H groups in total. The number of hydrogen-bond donors (Lipinski definition) is 0. The molecule has 0 spiro atoms. The Morgan fingerprint density at radius 1 is 1.14 bits per heavy atom. The first-order chi connectivity index (χ1) is 13.7. The van der Waals surface area contributed by atoms with E-state index in [0.717, 1.165) is 23.4 Å². The Morgan fingerprint density at radius 3 is 2.55 bits per heavy atom. The zero-order valence-electron chi connectivity index (χ0n) is 15.5. The number of ether oxygens (including phenoxy) is 1. The third kappa shape index (κ3) is 4.78. The Hall–Kier alpha value is -2.84. The minimum atomic E-state index is -4.12. The SMILES string of the molecule is Cc1ccc(OC(=O)c2nc(S(=O)(=O)Cc3ccccc3F)ncc2Cl)cc1C. The highest BCUT2D eigenvalue weighted by atomic mass is 35.5.